The van der Waals surface area contributed by atoms with Crippen molar-refractivity contribution in [2.75, 3.05) is 0 Å². The molecule has 0 spiro atoms. The lowest BCUT2D eigenvalue weighted by molar-refractivity contribution is 0.403. The minimum atomic E-state index is 0.440. The number of fused-ring (bicyclic) bond motifs is 1. The van der Waals surface area contributed by atoms with Crippen LogP contribution >= 0.6 is 0 Å². The van der Waals surface area contributed by atoms with E-state index in [1.807, 2.05) is 0 Å². The van der Waals surface area contributed by atoms with Crippen molar-refractivity contribution in [2.45, 2.75) is 26.1 Å². The summed E-state index contributed by atoms with van der Waals surface area (Å²) < 4.78 is 5.37. The summed E-state index contributed by atoms with van der Waals surface area (Å²) in [4.78, 5) is 0. The summed E-state index contributed by atoms with van der Waals surface area (Å²) in [6.45, 7) is 4.24. The lowest BCUT2D eigenvalue weighted by Crippen LogP contribution is -2.00. The highest BCUT2D eigenvalue weighted by Gasteiger charge is 2.42. The van der Waals surface area contributed by atoms with Crippen molar-refractivity contribution in [3.05, 3.63) is 23.3 Å². The van der Waals surface area contributed by atoms with Crippen LogP contribution in [0.25, 0.3) is 0 Å². The molecule has 2 aliphatic rings. The van der Waals surface area contributed by atoms with Crippen molar-refractivity contribution in [3.8, 4) is 0 Å². The van der Waals surface area contributed by atoms with E-state index in [1.165, 1.54) is 11.1 Å². The number of allylic oxidation sites excluding steroid dienone is 2. The lowest BCUT2D eigenvalue weighted by atomic mass is 10.0. The van der Waals surface area contributed by atoms with Gasteiger partial charge >= 0.3 is 0 Å². The minimum absolute atomic E-state index is 0.440. The van der Waals surface area contributed by atoms with Gasteiger partial charge in [0, 0.05) is 0 Å². The van der Waals surface area contributed by atoms with E-state index in [2.05, 4.69) is 26.0 Å². The lowest BCUT2D eigenvalue weighted by Gasteiger charge is -1.99. The van der Waals surface area contributed by atoms with Crippen molar-refractivity contribution in [1.29, 1.82) is 0 Å². The molecule has 0 aromatic rings. The van der Waals surface area contributed by atoms with Crippen LogP contribution in [0.3, 0.4) is 0 Å². The Morgan fingerprint density at radius 1 is 1.11 bits per heavy atom. The van der Waals surface area contributed by atoms with Crippen molar-refractivity contribution in [3.63, 3.8) is 0 Å². The van der Waals surface area contributed by atoms with E-state index in [-0.39, 0.29) is 0 Å². The molecule has 1 saturated heterocycles. The molecule has 1 heterocycles. The van der Waals surface area contributed by atoms with E-state index in [0.29, 0.717) is 12.2 Å². The van der Waals surface area contributed by atoms with E-state index in [1.54, 1.807) is 0 Å². The zero-order chi connectivity index (χ0) is 6.43. The van der Waals surface area contributed by atoms with E-state index >= 15 is 0 Å². The Labute approximate surface area is 55.0 Å². The van der Waals surface area contributed by atoms with Crippen LogP contribution in [0.2, 0.25) is 0 Å². The molecular weight excluding hydrogens is 112 g/mol. The van der Waals surface area contributed by atoms with Crippen LogP contribution in [0.5, 0.6) is 0 Å². The molecule has 1 heteroatoms. The second-order valence-corrected chi connectivity index (χ2v) is 2.80. The summed E-state index contributed by atoms with van der Waals surface area (Å²) in [7, 11) is 0. The Hall–Kier alpha value is -0.560. The third-order valence-electron chi connectivity index (χ3n) is 2.00. The molecule has 0 radical (unpaired) electrons. The number of hydrogen-bond donors (Lipinski definition) is 0. The number of ether oxygens (including phenoxy) is 1. The van der Waals surface area contributed by atoms with E-state index in [9.17, 15) is 0 Å². The summed E-state index contributed by atoms with van der Waals surface area (Å²) in [5, 5.41) is 0. The first-order chi connectivity index (χ1) is 4.29. The molecule has 0 aromatic carbocycles. The van der Waals surface area contributed by atoms with Gasteiger partial charge in [0.25, 0.3) is 0 Å². The molecule has 1 fully saturated rings. The van der Waals surface area contributed by atoms with E-state index in [0.717, 1.165) is 0 Å². The van der Waals surface area contributed by atoms with Crippen LogP contribution in [-0.2, 0) is 4.74 Å². The summed E-state index contributed by atoms with van der Waals surface area (Å²) in [6.07, 6.45) is 5.16. The topological polar surface area (TPSA) is 12.5 Å². The average molecular weight is 122 g/mol. The van der Waals surface area contributed by atoms with Crippen LogP contribution in [-0.4, -0.2) is 12.2 Å². The second kappa shape index (κ2) is 1.48. The third-order valence-corrected chi connectivity index (χ3v) is 2.00. The molecule has 48 valence electrons. The smallest absolute Gasteiger partial charge is 0.110 e. The highest BCUT2D eigenvalue weighted by molar-refractivity contribution is 5.35. The molecule has 0 saturated carbocycles. The van der Waals surface area contributed by atoms with Crippen LogP contribution in [0.15, 0.2) is 23.3 Å². The fraction of sp³-hybridized carbons (Fsp3) is 0.500. The summed E-state index contributed by atoms with van der Waals surface area (Å²) in [5.41, 5.74) is 2.73. The van der Waals surface area contributed by atoms with Crippen LogP contribution in [0.4, 0.5) is 0 Å². The Bertz CT molecular complexity index is 179. The SMILES string of the molecule is CC1=CC=C(C)C2OC12. The molecule has 2 atom stereocenters. The first-order valence-corrected chi connectivity index (χ1v) is 3.29. The largest absolute Gasteiger partial charge is 0.360 e. The van der Waals surface area contributed by atoms with Crippen molar-refractivity contribution in [2.24, 2.45) is 0 Å². The zero-order valence-electron chi connectivity index (χ0n) is 5.72. The fourth-order valence-corrected chi connectivity index (χ4v) is 1.26. The highest BCUT2D eigenvalue weighted by Crippen LogP contribution is 2.37. The third kappa shape index (κ3) is 0.648. The molecular formula is C8H10O. The normalized spacial score (nSPS) is 38.9. The molecule has 2 unspecified atom stereocenters. The summed E-state index contributed by atoms with van der Waals surface area (Å²) in [6, 6.07) is 0. The first-order valence-electron chi connectivity index (χ1n) is 3.29. The van der Waals surface area contributed by atoms with Gasteiger partial charge in [-0.1, -0.05) is 12.2 Å². The molecule has 0 bridgehead atoms. The molecule has 1 aliphatic heterocycles. The maximum Gasteiger partial charge on any atom is 0.110 e. The number of rotatable bonds is 0. The van der Waals surface area contributed by atoms with Gasteiger partial charge in [0.1, 0.15) is 12.2 Å². The Morgan fingerprint density at radius 3 is 2.00 bits per heavy atom. The van der Waals surface area contributed by atoms with Gasteiger partial charge in [-0.3, -0.25) is 0 Å². The predicted molar refractivity (Wildman–Crippen MR) is 36.2 cm³/mol. The molecule has 0 amide bonds. The zero-order valence-corrected chi connectivity index (χ0v) is 5.72. The van der Waals surface area contributed by atoms with Crippen molar-refractivity contribution in [1.82, 2.24) is 0 Å². The second-order valence-electron chi connectivity index (χ2n) is 2.80. The van der Waals surface area contributed by atoms with Crippen LogP contribution < -0.4 is 0 Å². The molecule has 9 heavy (non-hydrogen) atoms. The molecule has 1 aliphatic carbocycles. The van der Waals surface area contributed by atoms with Gasteiger partial charge in [0.15, 0.2) is 0 Å². The van der Waals surface area contributed by atoms with E-state index in [4.69, 9.17) is 4.74 Å². The summed E-state index contributed by atoms with van der Waals surface area (Å²) >= 11 is 0. The van der Waals surface area contributed by atoms with Gasteiger partial charge in [-0.25, -0.2) is 0 Å². The fourth-order valence-electron chi connectivity index (χ4n) is 1.26. The standard InChI is InChI=1S/C8H10O/c1-5-3-4-6(2)8-7(5)9-8/h3-4,7-8H,1-2H3. The van der Waals surface area contributed by atoms with Gasteiger partial charge < -0.3 is 4.74 Å². The maximum atomic E-state index is 5.37. The Balaban J connectivity index is 2.33. The first kappa shape index (κ1) is 5.24. The molecule has 0 aromatic heterocycles. The molecule has 1 nitrogen and oxygen atoms in total. The Kier molecular flexibility index (Phi) is 0.862. The minimum Gasteiger partial charge on any atom is -0.360 e. The predicted octanol–water partition coefficient (Wildman–Crippen LogP) is 1.66. The van der Waals surface area contributed by atoms with Gasteiger partial charge in [-0.05, 0) is 25.0 Å². The highest BCUT2D eigenvalue weighted by atomic mass is 16.6. The van der Waals surface area contributed by atoms with Gasteiger partial charge in [-0.2, -0.15) is 0 Å². The quantitative estimate of drug-likeness (QED) is 0.445. The maximum absolute atomic E-state index is 5.37. The van der Waals surface area contributed by atoms with Gasteiger partial charge in [-0.15, -0.1) is 0 Å². The van der Waals surface area contributed by atoms with Crippen molar-refractivity contribution < 1.29 is 4.74 Å². The van der Waals surface area contributed by atoms with Crippen LogP contribution in [0.1, 0.15) is 13.8 Å². The summed E-state index contributed by atoms with van der Waals surface area (Å²) in [5.74, 6) is 0. The van der Waals surface area contributed by atoms with Crippen molar-refractivity contribution >= 4 is 0 Å². The molecule has 2 rings (SSSR count). The average Bonchev–Trinajstić information content (AvgIpc) is 2.57. The van der Waals surface area contributed by atoms with Crippen LogP contribution in [0, 0.1) is 0 Å². The Morgan fingerprint density at radius 2 is 1.56 bits per heavy atom. The van der Waals surface area contributed by atoms with E-state index < -0.39 is 0 Å². The van der Waals surface area contributed by atoms with Gasteiger partial charge in [0.05, 0.1) is 0 Å². The monoisotopic (exact) mass is 122 g/mol. The number of hydrogen-bond acceptors (Lipinski definition) is 1. The molecule has 0 N–H and O–H groups in total. The number of epoxide rings is 1. The van der Waals surface area contributed by atoms with Gasteiger partial charge in [0.2, 0.25) is 0 Å².